The highest BCUT2D eigenvalue weighted by Crippen LogP contribution is 2.37. The van der Waals surface area contributed by atoms with Crippen molar-refractivity contribution >= 4 is 11.3 Å². The Kier molecular flexibility index (Phi) is 4.91. The van der Waals surface area contributed by atoms with Crippen LogP contribution in [0.1, 0.15) is 34.7 Å². The van der Waals surface area contributed by atoms with Crippen LogP contribution in [0.15, 0.2) is 29.6 Å². The van der Waals surface area contributed by atoms with E-state index in [4.69, 9.17) is 9.47 Å². The van der Waals surface area contributed by atoms with Crippen molar-refractivity contribution in [1.82, 2.24) is 9.88 Å². The maximum Gasteiger partial charge on any atom is 0.0901 e. The van der Waals surface area contributed by atoms with E-state index in [1.807, 2.05) is 6.92 Å². The van der Waals surface area contributed by atoms with Crippen molar-refractivity contribution in [2.75, 3.05) is 19.7 Å². The molecule has 2 aliphatic heterocycles. The van der Waals surface area contributed by atoms with Gasteiger partial charge in [-0.1, -0.05) is 29.8 Å². The highest BCUT2D eigenvalue weighted by Gasteiger charge is 2.45. The molecule has 0 aliphatic carbocycles. The molecule has 0 unspecified atom stereocenters. The van der Waals surface area contributed by atoms with E-state index in [1.165, 1.54) is 11.1 Å². The van der Waals surface area contributed by atoms with E-state index >= 15 is 0 Å². The maximum absolute atomic E-state index is 6.21. The number of aromatic nitrogens is 1. The minimum absolute atomic E-state index is 0.00746. The lowest BCUT2D eigenvalue weighted by molar-refractivity contribution is -0.000749. The molecule has 3 heterocycles. The molecular weight excluding hydrogens is 332 g/mol. The van der Waals surface area contributed by atoms with E-state index in [-0.39, 0.29) is 11.7 Å². The number of aryl methyl sites for hydroxylation is 2. The van der Waals surface area contributed by atoms with Crippen LogP contribution in [-0.2, 0) is 22.6 Å². The third kappa shape index (κ3) is 4.11. The summed E-state index contributed by atoms with van der Waals surface area (Å²) in [6, 6.07) is 8.80. The van der Waals surface area contributed by atoms with Crippen molar-refractivity contribution in [2.45, 2.75) is 51.5 Å². The summed E-state index contributed by atoms with van der Waals surface area (Å²) in [7, 11) is 0. The smallest absolute Gasteiger partial charge is 0.0901 e. The zero-order valence-corrected chi connectivity index (χ0v) is 15.8. The standard InChI is InChI=1S/C20H26N2O2S/c1-15-4-3-5-17(8-15)10-22-7-6-20(14-22)9-19(12-24-20)23-11-18-13-25-16(2)21-18/h3-5,8,13,19H,6-7,9-12,14H2,1-2H3/t19-,20-/m0/s1. The van der Waals surface area contributed by atoms with E-state index in [9.17, 15) is 0 Å². The number of thiazole rings is 1. The highest BCUT2D eigenvalue weighted by atomic mass is 32.1. The number of hydrogen-bond acceptors (Lipinski definition) is 5. The fourth-order valence-corrected chi connectivity index (χ4v) is 4.60. The summed E-state index contributed by atoms with van der Waals surface area (Å²) in [4.78, 5) is 6.99. The number of hydrogen-bond donors (Lipinski definition) is 0. The minimum atomic E-state index is -0.00746. The van der Waals surface area contributed by atoms with Crippen molar-refractivity contribution in [2.24, 2.45) is 0 Å². The Morgan fingerprint density at radius 3 is 3.12 bits per heavy atom. The van der Waals surface area contributed by atoms with Gasteiger partial charge in [0.1, 0.15) is 0 Å². The molecule has 5 heteroatoms. The normalized spacial score (nSPS) is 26.7. The molecule has 2 atom stereocenters. The van der Waals surface area contributed by atoms with Gasteiger partial charge in [0, 0.05) is 31.4 Å². The summed E-state index contributed by atoms with van der Waals surface area (Å²) < 4.78 is 12.3. The van der Waals surface area contributed by atoms with Gasteiger partial charge in [-0.15, -0.1) is 11.3 Å². The van der Waals surface area contributed by atoms with Crippen LogP contribution in [0, 0.1) is 13.8 Å². The molecule has 1 aromatic carbocycles. The second kappa shape index (κ2) is 7.16. The second-order valence-electron chi connectivity index (χ2n) is 7.44. The van der Waals surface area contributed by atoms with Crippen LogP contribution < -0.4 is 0 Å². The van der Waals surface area contributed by atoms with E-state index < -0.39 is 0 Å². The van der Waals surface area contributed by atoms with Gasteiger partial charge in [-0.05, 0) is 25.8 Å². The predicted molar refractivity (Wildman–Crippen MR) is 99.8 cm³/mol. The Bertz CT molecular complexity index is 732. The first-order chi connectivity index (χ1) is 12.1. The van der Waals surface area contributed by atoms with Crippen LogP contribution in [0.4, 0.5) is 0 Å². The molecule has 0 N–H and O–H groups in total. The number of nitrogens with zero attached hydrogens (tertiary/aromatic N) is 2. The number of benzene rings is 1. The second-order valence-corrected chi connectivity index (χ2v) is 8.50. The predicted octanol–water partition coefficient (Wildman–Crippen LogP) is 3.71. The number of rotatable bonds is 5. The van der Waals surface area contributed by atoms with Crippen LogP contribution in [0.5, 0.6) is 0 Å². The van der Waals surface area contributed by atoms with Gasteiger partial charge in [-0.3, -0.25) is 4.90 Å². The highest BCUT2D eigenvalue weighted by molar-refractivity contribution is 7.09. The SMILES string of the molecule is Cc1cccc(CN2CC[C@]3(C[C@H](OCc4csc(C)n4)CO3)C2)c1. The lowest BCUT2D eigenvalue weighted by atomic mass is 9.98. The Labute approximate surface area is 153 Å². The summed E-state index contributed by atoms with van der Waals surface area (Å²) in [5, 5.41) is 3.18. The Morgan fingerprint density at radius 2 is 2.32 bits per heavy atom. The van der Waals surface area contributed by atoms with Gasteiger partial charge in [0.05, 0.1) is 35.6 Å². The van der Waals surface area contributed by atoms with Gasteiger partial charge in [0.2, 0.25) is 0 Å². The van der Waals surface area contributed by atoms with Gasteiger partial charge in [-0.2, -0.15) is 0 Å². The van der Waals surface area contributed by atoms with Crippen LogP contribution in [-0.4, -0.2) is 41.3 Å². The first kappa shape index (κ1) is 17.2. The molecule has 2 aliphatic rings. The lowest BCUT2D eigenvalue weighted by Crippen LogP contribution is -2.33. The summed E-state index contributed by atoms with van der Waals surface area (Å²) in [5.41, 5.74) is 3.75. The molecule has 4 rings (SSSR count). The van der Waals surface area contributed by atoms with E-state index in [0.717, 1.165) is 43.2 Å². The van der Waals surface area contributed by atoms with Crippen molar-refractivity contribution in [1.29, 1.82) is 0 Å². The zero-order chi connectivity index (χ0) is 17.3. The summed E-state index contributed by atoms with van der Waals surface area (Å²) >= 11 is 1.68. The lowest BCUT2D eigenvalue weighted by Gasteiger charge is -2.23. The fourth-order valence-electron chi connectivity index (χ4n) is 4.00. The third-order valence-electron chi connectivity index (χ3n) is 5.19. The Morgan fingerprint density at radius 1 is 1.40 bits per heavy atom. The van der Waals surface area contributed by atoms with Crippen LogP contribution in [0.3, 0.4) is 0 Å². The van der Waals surface area contributed by atoms with Gasteiger partial charge >= 0.3 is 0 Å². The van der Waals surface area contributed by atoms with Gasteiger partial charge in [-0.25, -0.2) is 4.98 Å². The largest absolute Gasteiger partial charge is 0.371 e. The first-order valence-corrected chi connectivity index (χ1v) is 9.93. The molecule has 25 heavy (non-hydrogen) atoms. The van der Waals surface area contributed by atoms with E-state index in [2.05, 4.69) is 46.5 Å². The zero-order valence-electron chi connectivity index (χ0n) is 15.0. The summed E-state index contributed by atoms with van der Waals surface area (Å²) in [5.74, 6) is 0. The molecule has 0 saturated carbocycles. The maximum atomic E-state index is 6.21. The summed E-state index contributed by atoms with van der Waals surface area (Å²) in [6.45, 7) is 8.62. The van der Waals surface area contributed by atoms with Gasteiger partial charge in [0.15, 0.2) is 0 Å². The van der Waals surface area contributed by atoms with E-state index in [1.54, 1.807) is 11.3 Å². The number of likely N-dealkylation sites (tertiary alicyclic amines) is 1. The fraction of sp³-hybridized carbons (Fsp3) is 0.550. The van der Waals surface area contributed by atoms with Crippen molar-refractivity contribution in [3.8, 4) is 0 Å². The van der Waals surface area contributed by atoms with Crippen molar-refractivity contribution in [3.63, 3.8) is 0 Å². The van der Waals surface area contributed by atoms with Crippen molar-refractivity contribution in [3.05, 3.63) is 51.5 Å². The van der Waals surface area contributed by atoms with Gasteiger partial charge in [0.25, 0.3) is 0 Å². The van der Waals surface area contributed by atoms with Gasteiger partial charge < -0.3 is 9.47 Å². The molecule has 0 radical (unpaired) electrons. The molecule has 2 aromatic rings. The Hall–Kier alpha value is -1.27. The first-order valence-electron chi connectivity index (χ1n) is 9.05. The van der Waals surface area contributed by atoms with Crippen molar-refractivity contribution < 1.29 is 9.47 Å². The van der Waals surface area contributed by atoms with Crippen LogP contribution in [0.2, 0.25) is 0 Å². The molecule has 1 spiro atoms. The molecule has 1 aromatic heterocycles. The van der Waals surface area contributed by atoms with Crippen LogP contribution in [0.25, 0.3) is 0 Å². The average Bonchev–Trinajstić information content (AvgIpc) is 3.28. The minimum Gasteiger partial charge on any atom is -0.371 e. The molecule has 4 nitrogen and oxygen atoms in total. The molecular formula is C20H26N2O2S. The molecule has 134 valence electrons. The third-order valence-corrected chi connectivity index (χ3v) is 6.01. The molecule has 2 fully saturated rings. The summed E-state index contributed by atoms with van der Waals surface area (Å²) in [6.07, 6.45) is 2.30. The molecule has 0 bridgehead atoms. The quantitative estimate of drug-likeness (QED) is 0.816. The molecule has 0 amide bonds. The van der Waals surface area contributed by atoms with E-state index in [0.29, 0.717) is 13.2 Å². The topological polar surface area (TPSA) is 34.6 Å². The average molecular weight is 359 g/mol. The monoisotopic (exact) mass is 358 g/mol. The Balaban J connectivity index is 1.29. The van der Waals surface area contributed by atoms with Crippen LogP contribution >= 0.6 is 11.3 Å². The number of ether oxygens (including phenoxy) is 2. The molecule has 2 saturated heterocycles.